The number of nitrogens with two attached hydrogens (primary N) is 1. The number of hydrogen-bond donors (Lipinski definition) is 2. The number of nitrogens with one attached hydrogen (secondary N) is 1. The number of amides is 1. The standard InChI is InChI=1S/C14H21BrN2O2/c1-3-14(4-2,10-16)17-13(18)9-19-12-7-5-11(15)6-8-12/h5-8H,3-4,9-10,16H2,1-2H3,(H,17,18). The number of rotatable bonds is 7. The highest BCUT2D eigenvalue weighted by Gasteiger charge is 2.26. The molecule has 1 rings (SSSR count). The van der Waals surface area contributed by atoms with Gasteiger partial charge in [-0.1, -0.05) is 29.8 Å². The highest BCUT2D eigenvalue weighted by Crippen LogP contribution is 2.16. The molecular formula is C14H21BrN2O2. The van der Waals surface area contributed by atoms with Crippen molar-refractivity contribution >= 4 is 21.8 Å². The maximum atomic E-state index is 11.9. The van der Waals surface area contributed by atoms with Gasteiger partial charge in [0.1, 0.15) is 5.75 Å². The first-order valence-electron chi connectivity index (χ1n) is 6.44. The number of ether oxygens (including phenoxy) is 1. The van der Waals surface area contributed by atoms with Crippen molar-refractivity contribution in [2.24, 2.45) is 5.73 Å². The van der Waals surface area contributed by atoms with Crippen LogP contribution in [0, 0.1) is 0 Å². The van der Waals surface area contributed by atoms with Crippen LogP contribution in [0.15, 0.2) is 28.7 Å². The molecular weight excluding hydrogens is 308 g/mol. The molecule has 0 aliphatic carbocycles. The van der Waals surface area contributed by atoms with E-state index in [0.717, 1.165) is 17.3 Å². The molecule has 0 radical (unpaired) electrons. The monoisotopic (exact) mass is 328 g/mol. The van der Waals surface area contributed by atoms with Crippen molar-refractivity contribution < 1.29 is 9.53 Å². The molecule has 1 aromatic carbocycles. The molecule has 0 spiro atoms. The van der Waals surface area contributed by atoms with Crippen LogP contribution in [-0.2, 0) is 4.79 Å². The highest BCUT2D eigenvalue weighted by atomic mass is 79.9. The van der Waals surface area contributed by atoms with E-state index >= 15 is 0 Å². The average molecular weight is 329 g/mol. The predicted octanol–water partition coefficient (Wildman–Crippen LogP) is 2.46. The van der Waals surface area contributed by atoms with Crippen LogP contribution in [0.3, 0.4) is 0 Å². The second kappa shape index (κ2) is 7.50. The topological polar surface area (TPSA) is 64.3 Å². The number of benzene rings is 1. The van der Waals surface area contributed by atoms with Crippen LogP contribution in [0.4, 0.5) is 0 Å². The summed E-state index contributed by atoms with van der Waals surface area (Å²) >= 11 is 3.34. The van der Waals surface area contributed by atoms with Gasteiger partial charge in [0.05, 0.1) is 5.54 Å². The van der Waals surface area contributed by atoms with E-state index in [1.165, 1.54) is 0 Å². The van der Waals surface area contributed by atoms with Crippen LogP contribution in [0.5, 0.6) is 5.75 Å². The van der Waals surface area contributed by atoms with Crippen LogP contribution < -0.4 is 15.8 Å². The van der Waals surface area contributed by atoms with Crippen molar-refractivity contribution in [3.8, 4) is 5.75 Å². The first kappa shape index (κ1) is 16.0. The highest BCUT2D eigenvalue weighted by molar-refractivity contribution is 9.10. The normalized spacial score (nSPS) is 11.2. The van der Waals surface area contributed by atoms with E-state index in [4.69, 9.17) is 10.5 Å². The Kier molecular flexibility index (Phi) is 6.31. The Morgan fingerprint density at radius 1 is 1.32 bits per heavy atom. The number of carbonyl (C=O) groups excluding carboxylic acids is 1. The summed E-state index contributed by atoms with van der Waals surface area (Å²) in [5.41, 5.74) is 5.42. The Bertz CT molecular complexity index is 394. The van der Waals surface area contributed by atoms with Crippen molar-refractivity contribution in [2.45, 2.75) is 32.2 Å². The molecule has 4 nitrogen and oxygen atoms in total. The third kappa shape index (κ3) is 4.84. The zero-order chi connectivity index (χ0) is 14.3. The van der Waals surface area contributed by atoms with Gasteiger partial charge >= 0.3 is 0 Å². The van der Waals surface area contributed by atoms with Gasteiger partial charge in [-0.05, 0) is 37.1 Å². The SMILES string of the molecule is CCC(CC)(CN)NC(=O)COc1ccc(Br)cc1. The molecule has 5 heteroatoms. The van der Waals surface area contributed by atoms with Gasteiger partial charge in [0.15, 0.2) is 6.61 Å². The number of halogens is 1. The fraction of sp³-hybridized carbons (Fsp3) is 0.500. The predicted molar refractivity (Wildman–Crippen MR) is 80.1 cm³/mol. The van der Waals surface area contributed by atoms with Crippen molar-refractivity contribution in [2.75, 3.05) is 13.2 Å². The van der Waals surface area contributed by atoms with E-state index in [-0.39, 0.29) is 18.1 Å². The van der Waals surface area contributed by atoms with Crippen LogP contribution in [0.25, 0.3) is 0 Å². The van der Waals surface area contributed by atoms with Gasteiger partial charge in [-0.2, -0.15) is 0 Å². The summed E-state index contributed by atoms with van der Waals surface area (Å²) in [5, 5.41) is 2.96. The Balaban J connectivity index is 2.49. The summed E-state index contributed by atoms with van der Waals surface area (Å²) in [6.45, 7) is 4.48. The van der Waals surface area contributed by atoms with Crippen LogP contribution in [0.1, 0.15) is 26.7 Å². The third-order valence-corrected chi connectivity index (χ3v) is 3.86. The fourth-order valence-electron chi connectivity index (χ4n) is 1.78. The lowest BCUT2D eigenvalue weighted by atomic mass is 9.93. The van der Waals surface area contributed by atoms with Crippen molar-refractivity contribution in [1.29, 1.82) is 0 Å². The summed E-state index contributed by atoms with van der Waals surface area (Å²) in [5.74, 6) is 0.529. The summed E-state index contributed by atoms with van der Waals surface area (Å²) < 4.78 is 6.40. The third-order valence-electron chi connectivity index (χ3n) is 3.33. The molecule has 3 N–H and O–H groups in total. The van der Waals surface area contributed by atoms with Gasteiger partial charge in [-0.15, -0.1) is 0 Å². The molecule has 0 saturated carbocycles. The second-order valence-electron chi connectivity index (χ2n) is 4.48. The van der Waals surface area contributed by atoms with E-state index < -0.39 is 0 Å². The fourth-order valence-corrected chi connectivity index (χ4v) is 2.04. The molecule has 1 amide bonds. The molecule has 0 saturated heterocycles. The minimum atomic E-state index is -0.319. The van der Waals surface area contributed by atoms with E-state index in [2.05, 4.69) is 21.2 Å². The van der Waals surface area contributed by atoms with Gasteiger partial charge in [-0.3, -0.25) is 4.79 Å². The van der Waals surface area contributed by atoms with Gasteiger partial charge in [-0.25, -0.2) is 0 Å². The molecule has 0 aliphatic rings. The first-order chi connectivity index (χ1) is 9.05. The van der Waals surface area contributed by atoms with Gasteiger partial charge in [0.2, 0.25) is 0 Å². The van der Waals surface area contributed by atoms with Crippen molar-refractivity contribution in [3.05, 3.63) is 28.7 Å². The van der Waals surface area contributed by atoms with E-state index in [1.807, 2.05) is 38.1 Å². The first-order valence-corrected chi connectivity index (χ1v) is 7.24. The number of carbonyl (C=O) groups is 1. The second-order valence-corrected chi connectivity index (χ2v) is 5.40. The molecule has 0 unspecified atom stereocenters. The molecule has 106 valence electrons. The largest absolute Gasteiger partial charge is 0.484 e. The Morgan fingerprint density at radius 3 is 2.37 bits per heavy atom. The van der Waals surface area contributed by atoms with Gasteiger partial charge < -0.3 is 15.8 Å². The van der Waals surface area contributed by atoms with Crippen LogP contribution >= 0.6 is 15.9 Å². The van der Waals surface area contributed by atoms with Crippen molar-refractivity contribution in [3.63, 3.8) is 0 Å². The number of hydrogen-bond acceptors (Lipinski definition) is 3. The molecule has 0 atom stereocenters. The molecule has 1 aromatic rings. The maximum absolute atomic E-state index is 11.9. The molecule has 0 aromatic heterocycles. The Hall–Kier alpha value is -1.07. The van der Waals surface area contributed by atoms with E-state index in [0.29, 0.717) is 12.3 Å². The lowest BCUT2D eigenvalue weighted by Gasteiger charge is -2.31. The average Bonchev–Trinajstić information content (AvgIpc) is 2.44. The van der Waals surface area contributed by atoms with Gasteiger partial charge in [0.25, 0.3) is 5.91 Å². The molecule has 0 heterocycles. The maximum Gasteiger partial charge on any atom is 0.258 e. The Labute approximate surface area is 122 Å². The summed E-state index contributed by atoms with van der Waals surface area (Å²) in [7, 11) is 0. The molecule has 0 bridgehead atoms. The van der Waals surface area contributed by atoms with Gasteiger partial charge in [0, 0.05) is 11.0 Å². The van der Waals surface area contributed by atoms with Crippen LogP contribution in [-0.4, -0.2) is 24.6 Å². The molecule has 0 fully saturated rings. The molecule has 19 heavy (non-hydrogen) atoms. The van der Waals surface area contributed by atoms with E-state index in [9.17, 15) is 4.79 Å². The Morgan fingerprint density at radius 2 is 1.89 bits per heavy atom. The lowest BCUT2D eigenvalue weighted by Crippen LogP contribution is -2.54. The zero-order valence-electron chi connectivity index (χ0n) is 11.4. The minimum absolute atomic E-state index is 0.00336. The molecule has 0 aliphatic heterocycles. The smallest absolute Gasteiger partial charge is 0.258 e. The van der Waals surface area contributed by atoms with E-state index in [1.54, 1.807) is 0 Å². The summed E-state index contributed by atoms with van der Waals surface area (Å²) in [6.07, 6.45) is 1.62. The van der Waals surface area contributed by atoms with Crippen LogP contribution in [0.2, 0.25) is 0 Å². The lowest BCUT2D eigenvalue weighted by molar-refractivity contribution is -0.125. The zero-order valence-corrected chi connectivity index (χ0v) is 13.0. The van der Waals surface area contributed by atoms with Crippen molar-refractivity contribution in [1.82, 2.24) is 5.32 Å². The quantitative estimate of drug-likeness (QED) is 0.808. The summed E-state index contributed by atoms with van der Waals surface area (Å²) in [4.78, 5) is 11.9. The summed E-state index contributed by atoms with van der Waals surface area (Å²) in [6, 6.07) is 7.37. The minimum Gasteiger partial charge on any atom is -0.484 e.